The van der Waals surface area contributed by atoms with E-state index in [1.165, 1.54) is 24.3 Å². The van der Waals surface area contributed by atoms with Gasteiger partial charge in [0.25, 0.3) is 5.91 Å². The van der Waals surface area contributed by atoms with Gasteiger partial charge in [-0.25, -0.2) is 9.18 Å². The van der Waals surface area contributed by atoms with Gasteiger partial charge in [-0.2, -0.15) is 0 Å². The molecule has 2 aromatic rings. The maximum Gasteiger partial charge on any atom is 0.325 e. The molecule has 1 heterocycles. The lowest BCUT2D eigenvalue weighted by molar-refractivity contribution is -0.134. The van der Waals surface area contributed by atoms with Crippen LogP contribution in [0.2, 0.25) is 0 Å². The highest BCUT2D eigenvalue weighted by atomic mass is 19.1. The second-order valence-electron chi connectivity index (χ2n) is 8.06. The zero-order valence-corrected chi connectivity index (χ0v) is 18.8. The molecule has 32 heavy (non-hydrogen) atoms. The summed E-state index contributed by atoms with van der Waals surface area (Å²) in [5.41, 5.74) is 0.782. The number of halogens is 1. The number of anilines is 2. The lowest BCUT2D eigenvalue weighted by atomic mass is 9.87. The molecule has 0 aromatic heterocycles. The number of carbonyl (C=O) groups is 3. The fraction of sp³-hybridized carbons (Fsp3) is 0.375. The molecular formula is C24H29FN4O3. The molecule has 4 amide bonds. The highest BCUT2D eigenvalue weighted by Gasteiger charge is 2.51. The standard InChI is InChI=1S/C24H29FN4O3/c1-5-24(17-7-9-18(25)10-8-17)22(31)29(23(32)27-24)15-21(30)26-19-11-13-20(14-12-19)28(6-2)16(3)4/h7-14,16H,5-6,15H2,1-4H3,(H,26,30)(H,27,32). The summed E-state index contributed by atoms with van der Waals surface area (Å²) in [4.78, 5) is 41.4. The first-order chi connectivity index (χ1) is 15.2. The Kier molecular flexibility index (Phi) is 6.81. The summed E-state index contributed by atoms with van der Waals surface area (Å²) >= 11 is 0. The number of benzene rings is 2. The number of hydrogen-bond donors (Lipinski definition) is 2. The van der Waals surface area contributed by atoms with Crippen molar-refractivity contribution in [2.24, 2.45) is 0 Å². The number of hydrogen-bond acceptors (Lipinski definition) is 4. The Labute approximate surface area is 187 Å². The molecule has 0 radical (unpaired) electrons. The molecule has 7 nitrogen and oxygen atoms in total. The molecule has 170 valence electrons. The van der Waals surface area contributed by atoms with Crippen LogP contribution in [0.3, 0.4) is 0 Å². The van der Waals surface area contributed by atoms with Crippen LogP contribution in [0.15, 0.2) is 48.5 Å². The summed E-state index contributed by atoms with van der Waals surface area (Å²) in [6.07, 6.45) is 0.270. The van der Waals surface area contributed by atoms with Crippen molar-refractivity contribution in [2.75, 3.05) is 23.3 Å². The van der Waals surface area contributed by atoms with Gasteiger partial charge in [0.2, 0.25) is 5.91 Å². The Morgan fingerprint density at radius 2 is 1.72 bits per heavy atom. The Morgan fingerprint density at radius 3 is 2.25 bits per heavy atom. The van der Waals surface area contributed by atoms with E-state index in [1.54, 1.807) is 19.1 Å². The number of urea groups is 1. The van der Waals surface area contributed by atoms with Gasteiger partial charge in [0.1, 0.15) is 17.9 Å². The van der Waals surface area contributed by atoms with Crippen LogP contribution >= 0.6 is 0 Å². The third-order valence-corrected chi connectivity index (χ3v) is 5.79. The Bertz CT molecular complexity index is 991. The lowest BCUT2D eigenvalue weighted by Gasteiger charge is -2.27. The molecule has 2 N–H and O–H groups in total. The molecule has 1 unspecified atom stereocenters. The van der Waals surface area contributed by atoms with Crippen LogP contribution in [0.25, 0.3) is 0 Å². The van der Waals surface area contributed by atoms with Crippen molar-refractivity contribution in [3.05, 3.63) is 59.9 Å². The Balaban J connectivity index is 1.70. The van der Waals surface area contributed by atoms with Crippen LogP contribution in [0.1, 0.15) is 39.7 Å². The van der Waals surface area contributed by atoms with Crippen LogP contribution < -0.4 is 15.5 Å². The predicted molar refractivity (Wildman–Crippen MR) is 122 cm³/mol. The number of imide groups is 1. The van der Waals surface area contributed by atoms with Crippen molar-refractivity contribution in [2.45, 2.75) is 45.7 Å². The van der Waals surface area contributed by atoms with E-state index >= 15 is 0 Å². The third kappa shape index (κ3) is 4.44. The SMILES string of the molecule is CCN(c1ccc(NC(=O)CN2C(=O)NC(CC)(c3ccc(F)cc3)C2=O)cc1)C(C)C. The average Bonchev–Trinajstić information content (AvgIpc) is 3.00. The second-order valence-corrected chi connectivity index (χ2v) is 8.06. The minimum absolute atomic E-state index is 0.270. The first kappa shape index (κ1) is 23.2. The summed E-state index contributed by atoms with van der Waals surface area (Å²) < 4.78 is 13.3. The molecular weight excluding hydrogens is 411 g/mol. The predicted octanol–water partition coefficient (Wildman–Crippen LogP) is 3.86. The van der Waals surface area contributed by atoms with Gasteiger partial charge in [-0.05, 0) is 69.2 Å². The van der Waals surface area contributed by atoms with Crippen molar-refractivity contribution in [1.82, 2.24) is 10.2 Å². The Hall–Kier alpha value is -3.42. The third-order valence-electron chi connectivity index (χ3n) is 5.79. The molecule has 0 spiro atoms. The zero-order valence-electron chi connectivity index (χ0n) is 18.8. The van der Waals surface area contributed by atoms with Gasteiger partial charge in [-0.1, -0.05) is 19.1 Å². The summed E-state index contributed by atoms with van der Waals surface area (Å²) in [6.45, 7) is 8.50. The van der Waals surface area contributed by atoms with Crippen molar-refractivity contribution < 1.29 is 18.8 Å². The monoisotopic (exact) mass is 440 g/mol. The van der Waals surface area contributed by atoms with E-state index in [9.17, 15) is 18.8 Å². The van der Waals surface area contributed by atoms with Gasteiger partial charge >= 0.3 is 6.03 Å². The van der Waals surface area contributed by atoms with Crippen LogP contribution in [0, 0.1) is 5.82 Å². The second kappa shape index (κ2) is 9.38. The van der Waals surface area contributed by atoms with E-state index in [0.717, 1.165) is 17.1 Å². The quantitative estimate of drug-likeness (QED) is 0.611. The van der Waals surface area contributed by atoms with Gasteiger partial charge in [0.05, 0.1) is 0 Å². The molecule has 8 heteroatoms. The van der Waals surface area contributed by atoms with Crippen LogP contribution in [-0.2, 0) is 15.1 Å². The van der Waals surface area contributed by atoms with Crippen molar-refractivity contribution in [3.63, 3.8) is 0 Å². The summed E-state index contributed by atoms with van der Waals surface area (Å²) in [5, 5.41) is 5.42. The van der Waals surface area contributed by atoms with Crippen molar-refractivity contribution in [3.8, 4) is 0 Å². The Morgan fingerprint density at radius 1 is 1.09 bits per heavy atom. The molecule has 0 bridgehead atoms. The first-order valence-corrected chi connectivity index (χ1v) is 10.8. The fourth-order valence-electron chi connectivity index (χ4n) is 4.07. The fourth-order valence-corrected chi connectivity index (χ4v) is 4.07. The largest absolute Gasteiger partial charge is 0.369 e. The first-order valence-electron chi connectivity index (χ1n) is 10.8. The lowest BCUT2D eigenvalue weighted by Crippen LogP contribution is -2.44. The molecule has 1 fully saturated rings. The molecule has 1 atom stereocenters. The van der Waals surface area contributed by atoms with Gasteiger partial charge < -0.3 is 15.5 Å². The van der Waals surface area contributed by atoms with Gasteiger partial charge in [-0.3, -0.25) is 14.5 Å². The van der Waals surface area contributed by atoms with E-state index in [1.807, 2.05) is 12.1 Å². The number of carbonyl (C=O) groups excluding carboxylic acids is 3. The minimum atomic E-state index is -1.31. The molecule has 0 aliphatic carbocycles. The van der Waals surface area contributed by atoms with Crippen LogP contribution in [0.4, 0.5) is 20.6 Å². The molecule has 0 saturated carbocycles. The average molecular weight is 441 g/mol. The van der Waals surface area contributed by atoms with Crippen molar-refractivity contribution >= 4 is 29.2 Å². The summed E-state index contributed by atoms with van der Waals surface area (Å²) in [6, 6.07) is 12.5. The van der Waals surface area contributed by atoms with E-state index < -0.39 is 35.7 Å². The highest BCUT2D eigenvalue weighted by molar-refractivity contribution is 6.10. The van der Waals surface area contributed by atoms with Crippen LogP contribution in [-0.4, -0.2) is 41.9 Å². The normalized spacial score (nSPS) is 18.1. The summed E-state index contributed by atoms with van der Waals surface area (Å²) in [7, 11) is 0. The van der Waals surface area contributed by atoms with Gasteiger partial charge in [0, 0.05) is 24.0 Å². The van der Waals surface area contributed by atoms with Crippen LogP contribution in [0.5, 0.6) is 0 Å². The molecule has 1 aliphatic heterocycles. The molecule has 3 rings (SSSR count). The number of nitrogens with zero attached hydrogens (tertiary/aromatic N) is 2. The number of amides is 4. The smallest absolute Gasteiger partial charge is 0.325 e. The molecule has 2 aromatic carbocycles. The van der Waals surface area contributed by atoms with E-state index in [4.69, 9.17) is 0 Å². The van der Waals surface area contributed by atoms with E-state index in [-0.39, 0.29) is 6.42 Å². The van der Waals surface area contributed by atoms with E-state index in [0.29, 0.717) is 17.3 Å². The number of nitrogens with one attached hydrogen (secondary N) is 2. The summed E-state index contributed by atoms with van der Waals surface area (Å²) in [5.74, 6) is -1.45. The maximum absolute atomic E-state index is 13.3. The maximum atomic E-state index is 13.3. The van der Waals surface area contributed by atoms with Gasteiger partial charge in [0.15, 0.2) is 0 Å². The van der Waals surface area contributed by atoms with E-state index in [2.05, 4.69) is 36.3 Å². The highest BCUT2D eigenvalue weighted by Crippen LogP contribution is 2.32. The topological polar surface area (TPSA) is 81.8 Å². The van der Waals surface area contributed by atoms with Crippen molar-refractivity contribution in [1.29, 1.82) is 0 Å². The minimum Gasteiger partial charge on any atom is -0.369 e. The number of rotatable bonds is 8. The molecule has 1 saturated heterocycles. The molecule has 1 aliphatic rings. The van der Waals surface area contributed by atoms with Gasteiger partial charge in [-0.15, -0.1) is 0 Å². The zero-order chi connectivity index (χ0) is 23.5.